The van der Waals surface area contributed by atoms with Crippen LogP contribution in [0.4, 0.5) is 0 Å². The van der Waals surface area contributed by atoms with Gasteiger partial charge in [0.05, 0.1) is 11.7 Å². The predicted octanol–water partition coefficient (Wildman–Crippen LogP) is 1.94. The van der Waals surface area contributed by atoms with Crippen LogP contribution in [0, 0.1) is 5.92 Å². The van der Waals surface area contributed by atoms with Crippen molar-refractivity contribution in [3.63, 3.8) is 0 Å². The summed E-state index contributed by atoms with van der Waals surface area (Å²) in [6, 6.07) is 0. The Bertz CT molecular complexity index is 121. The van der Waals surface area contributed by atoms with E-state index in [1.54, 1.807) is 6.92 Å². The summed E-state index contributed by atoms with van der Waals surface area (Å²) in [6.07, 6.45) is 2.06. The first kappa shape index (κ1) is 11.9. The zero-order chi connectivity index (χ0) is 9.78. The van der Waals surface area contributed by atoms with Crippen molar-refractivity contribution in [1.82, 2.24) is 0 Å². The van der Waals surface area contributed by atoms with Gasteiger partial charge in [-0.05, 0) is 19.8 Å². The van der Waals surface area contributed by atoms with Gasteiger partial charge in [-0.25, -0.2) is 0 Å². The molecule has 0 aliphatic carbocycles. The van der Waals surface area contributed by atoms with E-state index in [1.807, 2.05) is 20.8 Å². The fourth-order valence-corrected chi connectivity index (χ4v) is 1.28. The summed E-state index contributed by atoms with van der Waals surface area (Å²) in [7, 11) is 0. The molecule has 3 unspecified atom stereocenters. The Labute approximate surface area is 75.6 Å². The first-order chi connectivity index (χ1) is 5.45. The van der Waals surface area contributed by atoms with Crippen molar-refractivity contribution in [3.05, 3.63) is 0 Å². The molecule has 0 aromatic heterocycles. The number of aliphatic hydroxyl groups excluding tert-OH is 1. The van der Waals surface area contributed by atoms with Crippen LogP contribution in [0.2, 0.25) is 0 Å². The van der Waals surface area contributed by atoms with Gasteiger partial charge in [0.15, 0.2) is 0 Å². The van der Waals surface area contributed by atoms with Crippen molar-refractivity contribution in [2.75, 3.05) is 0 Å². The van der Waals surface area contributed by atoms with Crippen LogP contribution in [0.3, 0.4) is 0 Å². The molecule has 0 aromatic carbocycles. The molecule has 0 aliphatic rings. The molecule has 2 N–H and O–H groups in total. The van der Waals surface area contributed by atoms with Crippen molar-refractivity contribution in [3.8, 4) is 0 Å². The number of hydrogen-bond donors (Lipinski definition) is 2. The molecule has 0 rings (SSSR count). The Morgan fingerprint density at radius 1 is 1.33 bits per heavy atom. The Morgan fingerprint density at radius 2 is 1.83 bits per heavy atom. The summed E-state index contributed by atoms with van der Waals surface area (Å²) in [6.45, 7) is 7.67. The quantitative estimate of drug-likeness (QED) is 0.668. The summed E-state index contributed by atoms with van der Waals surface area (Å²) < 4.78 is 0. The summed E-state index contributed by atoms with van der Waals surface area (Å²) in [5, 5.41) is 19.5. The van der Waals surface area contributed by atoms with E-state index in [4.69, 9.17) is 0 Å². The van der Waals surface area contributed by atoms with Crippen LogP contribution >= 0.6 is 0 Å². The molecule has 0 heterocycles. The van der Waals surface area contributed by atoms with Gasteiger partial charge in [0, 0.05) is 5.92 Å². The first-order valence-corrected chi connectivity index (χ1v) is 4.86. The minimum absolute atomic E-state index is 0.0394. The van der Waals surface area contributed by atoms with Crippen molar-refractivity contribution in [2.45, 2.75) is 58.7 Å². The van der Waals surface area contributed by atoms with Crippen LogP contribution in [0.15, 0.2) is 0 Å². The van der Waals surface area contributed by atoms with E-state index in [0.29, 0.717) is 6.42 Å². The fourth-order valence-electron chi connectivity index (χ4n) is 1.28. The predicted molar refractivity (Wildman–Crippen MR) is 51.0 cm³/mol. The molecule has 74 valence electrons. The maximum Gasteiger partial charge on any atom is 0.0667 e. The molecule has 0 aliphatic heterocycles. The summed E-state index contributed by atoms with van der Waals surface area (Å²) in [5.41, 5.74) is -0.728. The molecule has 0 bridgehead atoms. The van der Waals surface area contributed by atoms with Gasteiger partial charge in [0.2, 0.25) is 0 Å². The normalized spacial score (nSPS) is 21.5. The first-order valence-electron chi connectivity index (χ1n) is 4.86. The molecule has 0 radical (unpaired) electrons. The van der Waals surface area contributed by atoms with Gasteiger partial charge in [-0.15, -0.1) is 0 Å². The highest BCUT2D eigenvalue weighted by atomic mass is 16.3. The molecule has 0 saturated carbocycles. The van der Waals surface area contributed by atoms with E-state index in [-0.39, 0.29) is 12.0 Å². The van der Waals surface area contributed by atoms with E-state index in [0.717, 1.165) is 12.8 Å². The molecule has 3 atom stereocenters. The SMILES string of the molecule is CCCC(O)C(C)C(C)(O)CC. The van der Waals surface area contributed by atoms with Crippen molar-refractivity contribution >= 4 is 0 Å². The lowest BCUT2D eigenvalue weighted by atomic mass is 9.83. The lowest BCUT2D eigenvalue weighted by molar-refractivity contribution is -0.0554. The molecular weight excluding hydrogens is 152 g/mol. The topological polar surface area (TPSA) is 40.5 Å². The van der Waals surface area contributed by atoms with Crippen LogP contribution in [0.25, 0.3) is 0 Å². The Hall–Kier alpha value is -0.0800. The zero-order valence-electron chi connectivity index (χ0n) is 8.67. The smallest absolute Gasteiger partial charge is 0.0667 e. The van der Waals surface area contributed by atoms with Crippen molar-refractivity contribution in [2.24, 2.45) is 5.92 Å². The molecule has 2 heteroatoms. The number of hydrogen-bond acceptors (Lipinski definition) is 2. The molecule has 0 spiro atoms. The van der Waals surface area contributed by atoms with Crippen LogP contribution in [0.1, 0.15) is 47.0 Å². The third-order valence-electron chi connectivity index (χ3n) is 2.86. The van der Waals surface area contributed by atoms with Gasteiger partial charge in [-0.2, -0.15) is 0 Å². The van der Waals surface area contributed by atoms with Gasteiger partial charge in [0.1, 0.15) is 0 Å². The van der Waals surface area contributed by atoms with Gasteiger partial charge < -0.3 is 10.2 Å². The zero-order valence-corrected chi connectivity index (χ0v) is 8.67. The van der Waals surface area contributed by atoms with Crippen molar-refractivity contribution in [1.29, 1.82) is 0 Å². The minimum Gasteiger partial charge on any atom is -0.393 e. The minimum atomic E-state index is -0.728. The summed E-state index contributed by atoms with van der Waals surface area (Å²) in [4.78, 5) is 0. The van der Waals surface area contributed by atoms with E-state index in [1.165, 1.54) is 0 Å². The Kier molecular flexibility index (Phi) is 4.80. The molecule has 2 nitrogen and oxygen atoms in total. The monoisotopic (exact) mass is 174 g/mol. The lowest BCUT2D eigenvalue weighted by Crippen LogP contribution is -2.39. The van der Waals surface area contributed by atoms with Crippen LogP contribution in [-0.2, 0) is 0 Å². The van der Waals surface area contributed by atoms with Gasteiger partial charge >= 0.3 is 0 Å². The molecule has 0 aromatic rings. The van der Waals surface area contributed by atoms with E-state index >= 15 is 0 Å². The lowest BCUT2D eigenvalue weighted by Gasteiger charge is -2.32. The maximum absolute atomic E-state index is 9.83. The molecule has 0 saturated heterocycles. The number of aliphatic hydroxyl groups is 2. The third-order valence-corrected chi connectivity index (χ3v) is 2.86. The fraction of sp³-hybridized carbons (Fsp3) is 1.00. The number of rotatable bonds is 5. The second kappa shape index (κ2) is 4.83. The van der Waals surface area contributed by atoms with Crippen molar-refractivity contribution < 1.29 is 10.2 Å². The molecule has 12 heavy (non-hydrogen) atoms. The highest BCUT2D eigenvalue weighted by molar-refractivity contribution is 4.82. The Balaban J connectivity index is 4.07. The second-order valence-electron chi connectivity index (χ2n) is 3.86. The average molecular weight is 174 g/mol. The van der Waals surface area contributed by atoms with Crippen LogP contribution < -0.4 is 0 Å². The molecule has 0 fully saturated rings. The van der Waals surface area contributed by atoms with Gasteiger partial charge in [-0.3, -0.25) is 0 Å². The van der Waals surface area contributed by atoms with E-state index in [2.05, 4.69) is 0 Å². The molecular formula is C10H22O2. The largest absolute Gasteiger partial charge is 0.393 e. The van der Waals surface area contributed by atoms with E-state index < -0.39 is 5.60 Å². The van der Waals surface area contributed by atoms with Gasteiger partial charge in [-0.1, -0.05) is 27.2 Å². The van der Waals surface area contributed by atoms with E-state index in [9.17, 15) is 10.2 Å². The molecule has 0 amide bonds. The Morgan fingerprint density at radius 3 is 2.17 bits per heavy atom. The maximum atomic E-state index is 9.83. The van der Waals surface area contributed by atoms with Crippen LogP contribution in [0.5, 0.6) is 0 Å². The van der Waals surface area contributed by atoms with Gasteiger partial charge in [0.25, 0.3) is 0 Å². The summed E-state index contributed by atoms with van der Waals surface area (Å²) >= 11 is 0. The van der Waals surface area contributed by atoms with Crippen LogP contribution in [-0.4, -0.2) is 21.9 Å². The highest BCUT2D eigenvalue weighted by Gasteiger charge is 2.30. The standard InChI is InChI=1S/C10H22O2/c1-5-7-9(11)8(3)10(4,12)6-2/h8-9,11-12H,5-7H2,1-4H3. The average Bonchev–Trinajstić information content (AvgIpc) is 2.03. The second-order valence-corrected chi connectivity index (χ2v) is 3.86. The summed E-state index contributed by atoms with van der Waals surface area (Å²) in [5.74, 6) is -0.0394. The highest BCUT2D eigenvalue weighted by Crippen LogP contribution is 2.25. The third kappa shape index (κ3) is 3.11.